The van der Waals surface area contributed by atoms with Gasteiger partial charge in [-0.15, -0.1) is 11.3 Å². The molecule has 11 aromatic rings. The van der Waals surface area contributed by atoms with Gasteiger partial charge in [-0.25, -0.2) is 0 Å². The molecule has 0 bridgehead atoms. The van der Waals surface area contributed by atoms with E-state index in [1.54, 1.807) is 0 Å². The van der Waals surface area contributed by atoms with Crippen molar-refractivity contribution in [3.05, 3.63) is 206 Å². The van der Waals surface area contributed by atoms with E-state index in [1.807, 2.05) is 11.3 Å². The Kier molecular flexibility index (Phi) is 7.39. The number of rotatable bonds is 6. The zero-order valence-corrected chi connectivity index (χ0v) is 30.7. The van der Waals surface area contributed by atoms with Gasteiger partial charge in [0.2, 0.25) is 0 Å². The van der Waals surface area contributed by atoms with E-state index in [4.69, 9.17) is 0 Å². The lowest BCUT2D eigenvalue weighted by molar-refractivity contribution is 1.18. The fourth-order valence-corrected chi connectivity index (χ4v) is 9.77. The van der Waals surface area contributed by atoms with Crippen LogP contribution in [0.5, 0.6) is 0 Å². The number of aromatic nitrogens is 1. The Labute approximate surface area is 323 Å². The fourth-order valence-electron chi connectivity index (χ4n) is 8.56. The molecule has 0 aliphatic carbocycles. The molecule has 2 heterocycles. The number of nitrogens with zero attached hydrogens (tertiary/aromatic N) is 2. The van der Waals surface area contributed by atoms with Crippen molar-refractivity contribution in [2.75, 3.05) is 4.90 Å². The summed E-state index contributed by atoms with van der Waals surface area (Å²) in [6, 6.07) is 75.2. The summed E-state index contributed by atoms with van der Waals surface area (Å²) in [5.41, 5.74) is 11.7. The average Bonchev–Trinajstić information content (AvgIpc) is 3.80. The number of para-hydroxylation sites is 3. The van der Waals surface area contributed by atoms with Gasteiger partial charge in [0.15, 0.2) is 0 Å². The third-order valence-corrected chi connectivity index (χ3v) is 12.2. The van der Waals surface area contributed by atoms with E-state index < -0.39 is 0 Å². The van der Waals surface area contributed by atoms with Crippen LogP contribution in [0.25, 0.3) is 80.7 Å². The van der Waals surface area contributed by atoms with Gasteiger partial charge in [0, 0.05) is 43.1 Å². The van der Waals surface area contributed by atoms with E-state index in [2.05, 4.69) is 216 Å². The van der Waals surface area contributed by atoms with Crippen LogP contribution in [0.1, 0.15) is 0 Å². The molecule has 0 amide bonds. The summed E-state index contributed by atoms with van der Waals surface area (Å²) < 4.78 is 5.04. The predicted molar refractivity (Wildman–Crippen MR) is 237 cm³/mol. The molecule has 11 rings (SSSR count). The lowest BCUT2D eigenvalue weighted by atomic mass is 9.97. The summed E-state index contributed by atoms with van der Waals surface area (Å²) in [5.74, 6) is 0. The van der Waals surface area contributed by atoms with E-state index in [1.165, 1.54) is 75.2 Å². The second-order valence-corrected chi connectivity index (χ2v) is 15.1. The van der Waals surface area contributed by atoms with Crippen LogP contribution in [0.2, 0.25) is 0 Å². The van der Waals surface area contributed by atoms with Crippen molar-refractivity contribution in [3.8, 4) is 27.9 Å². The van der Waals surface area contributed by atoms with E-state index in [-0.39, 0.29) is 0 Å². The van der Waals surface area contributed by atoms with Gasteiger partial charge in [0.05, 0.1) is 32.8 Å². The standard InChI is InChI=1S/C52H34N2S/c1-2-16-36(17-3-1)39-21-6-10-27-46(39)53(49-30-15-26-45-44-24-9-13-31-51(44)55-52(45)49)37-32-33-43-42-23-8-12-29-48(42)54(50(43)34-37)47-28-11-7-22-41(47)40-25-14-19-35-18-4-5-20-38(35)40/h1-34H. The van der Waals surface area contributed by atoms with Gasteiger partial charge in [-0.1, -0.05) is 164 Å². The minimum Gasteiger partial charge on any atom is -0.309 e. The smallest absolute Gasteiger partial charge is 0.0640 e. The maximum Gasteiger partial charge on any atom is 0.0640 e. The fraction of sp³-hybridized carbons (Fsp3) is 0. The Balaban J connectivity index is 1.22. The van der Waals surface area contributed by atoms with Gasteiger partial charge < -0.3 is 9.47 Å². The highest BCUT2D eigenvalue weighted by molar-refractivity contribution is 7.26. The van der Waals surface area contributed by atoms with Crippen molar-refractivity contribution in [2.45, 2.75) is 0 Å². The Hall–Kier alpha value is -6.94. The summed E-state index contributed by atoms with van der Waals surface area (Å²) in [4.78, 5) is 2.48. The van der Waals surface area contributed by atoms with E-state index in [0.29, 0.717) is 0 Å². The molecule has 0 spiro atoms. The summed E-state index contributed by atoms with van der Waals surface area (Å²) >= 11 is 1.87. The van der Waals surface area contributed by atoms with Gasteiger partial charge >= 0.3 is 0 Å². The molecule has 0 saturated heterocycles. The van der Waals surface area contributed by atoms with Crippen LogP contribution >= 0.6 is 11.3 Å². The zero-order valence-electron chi connectivity index (χ0n) is 29.9. The van der Waals surface area contributed by atoms with Crippen LogP contribution in [-0.2, 0) is 0 Å². The Bertz CT molecular complexity index is 3220. The molecule has 9 aromatic carbocycles. The van der Waals surface area contributed by atoms with Gasteiger partial charge in [0.25, 0.3) is 0 Å². The van der Waals surface area contributed by atoms with Crippen LogP contribution in [0.4, 0.5) is 17.1 Å². The molecule has 2 aromatic heterocycles. The van der Waals surface area contributed by atoms with Crippen molar-refractivity contribution < 1.29 is 0 Å². The topological polar surface area (TPSA) is 8.17 Å². The average molecular weight is 719 g/mol. The van der Waals surface area contributed by atoms with Gasteiger partial charge in [-0.3, -0.25) is 0 Å². The zero-order chi connectivity index (χ0) is 36.3. The van der Waals surface area contributed by atoms with Crippen LogP contribution in [0, 0.1) is 0 Å². The minimum atomic E-state index is 1.10. The highest BCUT2D eigenvalue weighted by atomic mass is 32.1. The lowest BCUT2D eigenvalue weighted by Gasteiger charge is -2.28. The molecule has 0 unspecified atom stereocenters. The molecule has 0 saturated carbocycles. The van der Waals surface area contributed by atoms with Crippen molar-refractivity contribution >= 4 is 81.1 Å². The Morgan fingerprint density at radius 2 is 1.00 bits per heavy atom. The van der Waals surface area contributed by atoms with Crippen molar-refractivity contribution in [2.24, 2.45) is 0 Å². The molecule has 0 atom stereocenters. The third kappa shape index (κ3) is 5.09. The SMILES string of the molecule is c1ccc(-c2ccccc2N(c2ccc3c4ccccc4n(-c4ccccc4-c4cccc5ccccc45)c3c2)c2cccc3c2sc2ccccc23)cc1. The van der Waals surface area contributed by atoms with Crippen LogP contribution in [-0.4, -0.2) is 4.57 Å². The Morgan fingerprint density at radius 1 is 0.382 bits per heavy atom. The molecule has 0 N–H and O–H groups in total. The summed E-state index contributed by atoms with van der Waals surface area (Å²) in [6.07, 6.45) is 0. The van der Waals surface area contributed by atoms with Crippen LogP contribution < -0.4 is 4.90 Å². The number of benzene rings is 9. The Morgan fingerprint density at radius 3 is 1.91 bits per heavy atom. The molecule has 2 nitrogen and oxygen atoms in total. The number of hydrogen-bond donors (Lipinski definition) is 0. The second-order valence-electron chi connectivity index (χ2n) is 14.1. The third-order valence-electron chi connectivity index (χ3n) is 11.0. The second kappa shape index (κ2) is 12.9. The molecule has 0 fully saturated rings. The van der Waals surface area contributed by atoms with Crippen molar-refractivity contribution in [3.63, 3.8) is 0 Å². The van der Waals surface area contributed by atoms with Crippen LogP contribution in [0.3, 0.4) is 0 Å². The van der Waals surface area contributed by atoms with Crippen molar-refractivity contribution in [1.82, 2.24) is 4.57 Å². The molecule has 0 radical (unpaired) electrons. The maximum absolute atomic E-state index is 2.48. The first kappa shape index (κ1) is 31.6. The highest BCUT2D eigenvalue weighted by Gasteiger charge is 2.23. The first-order valence-electron chi connectivity index (χ1n) is 18.8. The summed E-state index contributed by atoms with van der Waals surface area (Å²) in [7, 11) is 0. The molecular weight excluding hydrogens is 685 g/mol. The molecule has 0 aliphatic rings. The van der Waals surface area contributed by atoms with Crippen LogP contribution in [0.15, 0.2) is 206 Å². The van der Waals surface area contributed by atoms with E-state index in [0.717, 1.165) is 22.6 Å². The molecule has 55 heavy (non-hydrogen) atoms. The van der Waals surface area contributed by atoms with E-state index >= 15 is 0 Å². The molecule has 0 aliphatic heterocycles. The quantitative estimate of drug-likeness (QED) is 0.166. The number of hydrogen-bond acceptors (Lipinski definition) is 2. The highest BCUT2D eigenvalue weighted by Crippen LogP contribution is 2.48. The number of anilines is 3. The first-order chi connectivity index (χ1) is 27.3. The summed E-state index contributed by atoms with van der Waals surface area (Å²) in [6.45, 7) is 0. The molecule has 258 valence electrons. The van der Waals surface area contributed by atoms with Gasteiger partial charge in [-0.05, 0) is 64.4 Å². The largest absolute Gasteiger partial charge is 0.309 e. The normalized spacial score (nSPS) is 11.6. The number of thiophene rings is 1. The molecule has 3 heteroatoms. The molecular formula is C52H34N2S. The van der Waals surface area contributed by atoms with Gasteiger partial charge in [-0.2, -0.15) is 0 Å². The predicted octanol–water partition coefficient (Wildman–Crippen LogP) is 15.1. The van der Waals surface area contributed by atoms with E-state index in [9.17, 15) is 0 Å². The van der Waals surface area contributed by atoms with Crippen molar-refractivity contribution in [1.29, 1.82) is 0 Å². The first-order valence-corrected chi connectivity index (χ1v) is 19.6. The maximum atomic E-state index is 2.48. The summed E-state index contributed by atoms with van der Waals surface area (Å²) in [5, 5.41) is 7.52. The monoisotopic (exact) mass is 718 g/mol. The lowest BCUT2D eigenvalue weighted by Crippen LogP contribution is -2.11. The minimum absolute atomic E-state index is 1.10. The van der Waals surface area contributed by atoms with Gasteiger partial charge in [0.1, 0.15) is 0 Å². The number of fused-ring (bicyclic) bond motifs is 7.